The lowest BCUT2D eigenvalue weighted by atomic mass is 10.2. The second kappa shape index (κ2) is 6.31. The number of pyridine rings is 1. The second-order valence-corrected chi connectivity index (χ2v) is 5.46. The summed E-state index contributed by atoms with van der Waals surface area (Å²) in [6.45, 7) is 0.720. The molecule has 0 bridgehead atoms. The third-order valence-corrected chi connectivity index (χ3v) is 3.45. The van der Waals surface area contributed by atoms with Crippen LogP contribution in [0.25, 0.3) is 0 Å². The van der Waals surface area contributed by atoms with Crippen molar-refractivity contribution < 1.29 is 4.74 Å². The molecule has 2 aromatic rings. The van der Waals surface area contributed by atoms with Gasteiger partial charge < -0.3 is 10.1 Å². The molecule has 0 aliphatic rings. The van der Waals surface area contributed by atoms with Crippen LogP contribution < -0.4 is 10.1 Å². The van der Waals surface area contributed by atoms with Crippen molar-refractivity contribution >= 4 is 31.9 Å². The number of rotatable bonds is 4. The maximum Gasteiger partial charge on any atom is 0.141 e. The van der Waals surface area contributed by atoms with Crippen molar-refractivity contribution in [1.29, 1.82) is 0 Å². The van der Waals surface area contributed by atoms with Gasteiger partial charge in [0.25, 0.3) is 0 Å². The van der Waals surface area contributed by atoms with E-state index in [0.29, 0.717) is 0 Å². The van der Waals surface area contributed by atoms with E-state index < -0.39 is 0 Å². The van der Waals surface area contributed by atoms with Crippen LogP contribution >= 0.6 is 31.9 Å². The van der Waals surface area contributed by atoms with E-state index in [4.69, 9.17) is 4.74 Å². The van der Waals surface area contributed by atoms with E-state index in [2.05, 4.69) is 42.2 Å². The molecular formula is C13H12Br2N2O. The number of halogens is 2. The first kappa shape index (κ1) is 13.5. The Labute approximate surface area is 123 Å². The van der Waals surface area contributed by atoms with Gasteiger partial charge in [-0.3, -0.25) is 4.98 Å². The van der Waals surface area contributed by atoms with Gasteiger partial charge >= 0.3 is 0 Å². The molecule has 0 fully saturated rings. The molecule has 0 spiro atoms. The predicted molar refractivity (Wildman–Crippen MR) is 78.9 cm³/mol. The van der Waals surface area contributed by atoms with E-state index >= 15 is 0 Å². The lowest BCUT2D eigenvalue weighted by Crippen LogP contribution is -2.06. The zero-order chi connectivity index (χ0) is 13.0. The number of nitrogens with zero attached hydrogens (tertiary/aromatic N) is 1. The van der Waals surface area contributed by atoms with Crippen LogP contribution in [0.15, 0.2) is 45.6 Å². The van der Waals surface area contributed by atoms with E-state index in [1.807, 2.05) is 31.3 Å². The third kappa shape index (κ3) is 3.31. The molecule has 1 heterocycles. The van der Waals surface area contributed by atoms with Crippen LogP contribution in [0.4, 0.5) is 0 Å². The van der Waals surface area contributed by atoms with Crippen LogP contribution in [0.1, 0.15) is 5.56 Å². The van der Waals surface area contributed by atoms with E-state index in [1.54, 1.807) is 12.4 Å². The van der Waals surface area contributed by atoms with Gasteiger partial charge in [-0.1, -0.05) is 15.9 Å². The number of ether oxygens (including phenoxy) is 1. The first-order valence-electron chi connectivity index (χ1n) is 5.41. The molecule has 2 rings (SSSR count). The van der Waals surface area contributed by atoms with Gasteiger partial charge in [-0.2, -0.15) is 0 Å². The van der Waals surface area contributed by atoms with Gasteiger partial charge in [0.1, 0.15) is 11.5 Å². The normalized spacial score (nSPS) is 10.4. The summed E-state index contributed by atoms with van der Waals surface area (Å²) in [5.41, 5.74) is 1.02. The topological polar surface area (TPSA) is 34.2 Å². The van der Waals surface area contributed by atoms with Gasteiger partial charge in [-0.25, -0.2) is 0 Å². The number of hydrogen-bond acceptors (Lipinski definition) is 3. The van der Waals surface area contributed by atoms with Crippen molar-refractivity contribution in [2.24, 2.45) is 0 Å². The van der Waals surface area contributed by atoms with Crippen molar-refractivity contribution in [2.45, 2.75) is 6.54 Å². The molecule has 1 aromatic heterocycles. The lowest BCUT2D eigenvalue weighted by Gasteiger charge is -2.11. The highest BCUT2D eigenvalue weighted by Crippen LogP contribution is 2.33. The smallest absolute Gasteiger partial charge is 0.141 e. The Morgan fingerprint density at radius 1 is 1.22 bits per heavy atom. The van der Waals surface area contributed by atoms with Crippen LogP contribution in [0.5, 0.6) is 11.5 Å². The second-order valence-electron chi connectivity index (χ2n) is 3.69. The Morgan fingerprint density at radius 2 is 2.06 bits per heavy atom. The Kier molecular flexibility index (Phi) is 4.74. The summed E-state index contributed by atoms with van der Waals surface area (Å²) in [6.07, 6.45) is 3.53. The largest absolute Gasteiger partial charge is 0.456 e. The van der Waals surface area contributed by atoms with Crippen LogP contribution in [0, 0.1) is 0 Å². The Bertz CT molecular complexity index is 546. The highest BCUT2D eigenvalue weighted by molar-refractivity contribution is 9.11. The average molecular weight is 372 g/mol. The first-order valence-corrected chi connectivity index (χ1v) is 6.99. The molecule has 0 aliphatic carbocycles. The van der Waals surface area contributed by atoms with Gasteiger partial charge in [0, 0.05) is 29.0 Å². The highest BCUT2D eigenvalue weighted by atomic mass is 79.9. The summed E-state index contributed by atoms with van der Waals surface area (Å²) in [7, 11) is 1.90. The summed E-state index contributed by atoms with van der Waals surface area (Å²) in [5, 5.41) is 3.09. The highest BCUT2D eigenvalue weighted by Gasteiger charge is 2.07. The molecule has 1 N–H and O–H groups in total. The quantitative estimate of drug-likeness (QED) is 0.877. The summed E-state index contributed by atoms with van der Waals surface area (Å²) < 4.78 is 7.81. The van der Waals surface area contributed by atoms with Crippen LogP contribution in [0.2, 0.25) is 0 Å². The van der Waals surface area contributed by atoms with Gasteiger partial charge in [-0.05, 0) is 47.2 Å². The molecule has 5 heteroatoms. The Balaban J connectivity index is 2.28. The van der Waals surface area contributed by atoms with Crippen molar-refractivity contribution in [2.75, 3.05) is 7.05 Å². The van der Waals surface area contributed by atoms with Gasteiger partial charge in [0.2, 0.25) is 0 Å². The molecule has 0 atom stereocenters. The molecule has 0 amide bonds. The van der Waals surface area contributed by atoms with E-state index in [9.17, 15) is 0 Å². The molecule has 0 saturated heterocycles. The van der Waals surface area contributed by atoms with Gasteiger partial charge in [0.05, 0.1) is 4.47 Å². The summed E-state index contributed by atoms with van der Waals surface area (Å²) >= 11 is 6.90. The standard InChI is InChI=1S/C13H12Br2N2O/c1-16-7-9-8-17-5-4-12(9)18-13-3-2-10(14)6-11(13)15/h2-6,8,16H,7H2,1H3. The van der Waals surface area contributed by atoms with Crippen molar-refractivity contribution in [1.82, 2.24) is 10.3 Å². The lowest BCUT2D eigenvalue weighted by molar-refractivity contribution is 0.470. The fraction of sp³-hybridized carbons (Fsp3) is 0.154. The van der Waals surface area contributed by atoms with Crippen molar-refractivity contribution in [3.05, 3.63) is 51.2 Å². The molecule has 0 radical (unpaired) electrons. The molecular weight excluding hydrogens is 360 g/mol. The molecule has 94 valence electrons. The SMILES string of the molecule is CNCc1cnccc1Oc1ccc(Br)cc1Br. The zero-order valence-corrected chi connectivity index (χ0v) is 13.0. The zero-order valence-electron chi connectivity index (χ0n) is 9.78. The number of nitrogens with one attached hydrogen (secondary N) is 1. The van der Waals surface area contributed by atoms with Crippen LogP contribution in [-0.4, -0.2) is 12.0 Å². The minimum Gasteiger partial charge on any atom is -0.456 e. The summed E-state index contributed by atoms with van der Waals surface area (Å²) in [5.74, 6) is 1.59. The fourth-order valence-electron chi connectivity index (χ4n) is 1.51. The maximum absolute atomic E-state index is 5.90. The third-order valence-electron chi connectivity index (χ3n) is 2.34. The summed E-state index contributed by atoms with van der Waals surface area (Å²) in [6, 6.07) is 7.67. The predicted octanol–water partition coefficient (Wildman–Crippen LogP) is 4.12. The minimum absolute atomic E-state index is 0.720. The molecule has 0 saturated carbocycles. The number of hydrogen-bond donors (Lipinski definition) is 1. The first-order chi connectivity index (χ1) is 8.70. The van der Waals surface area contributed by atoms with Gasteiger partial charge in [-0.15, -0.1) is 0 Å². The summed E-state index contributed by atoms with van der Waals surface area (Å²) in [4.78, 5) is 4.10. The van der Waals surface area contributed by atoms with Crippen molar-refractivity contribution in [3.63, 3.8) is 0 Å². The maximum atomic E-state index is 5.90. The van der Waals surface area contributed by atoms with Crippen LogP contribution in [0.3, 0.4) is 0 Å². The number of aromatic nitrogens is 1. The van der Waals surface area contributed by atoms with E-state index in [-0.39, 0.29) is 0 Å². The Hall–Kier alpha value is -0.910. The molecule has 0 unspecified atom stereocenters. The van der Waals surface area contributed by atoms with E-state index in [0.717, 1.165) is 32.6 Å². The molecule has 3 nitrogen and oxygen atoms in total. The number of benzene rings is 1. The van der Waals surface area contributed by atoms with Gasteiger partial charge in [0.15, 0.2) is 0 Å². The molecule has 0 aliphatic heterocycles. The minimum atomic E-state index is 0.720. The molecule has 1 aromatic carbocycles. The average Bonchev–Trinajstić information content (AvgIpc) is 2.35. The van der Waals surface area contributed by atoms with E-state index in [1.165, 1.54) is 0 Å². The fourth-order valence-corrected chi connectivity index (χ4v) is 2.64. The van der Waals surface area contributed by atoms with Crippen LogP contribution in [-0.2, 0) is 6.54 Å². The Morgan fingerprint density at radius 3 is 2.78 bits per heavy atom. The molecule has 18 heavy (non-hydrogen) atoms. The monoisotopic (exact) mass is 370 g/mol. The van der Waals surface area contributed by atoms with Crippen molar-refractivity contribution in [3.8, 4) is 11.5 Å².